The van der Waals surface area contributed by atoms with Gasteiger partial charge >= 0.3 is 0 Å². The number of imidazole rings is 1. The van der Waals surface area contributed by atoms with Gasteiger partial charge in [-0.1, -0.05) is 6.07 Å². The zero-order valence-electron chi connectivity index (χ0n) is 11.3. The summed E-state index contributed by atoms with van der Waals surface area (Å²) >= 11 is 0. The summed E-state index contributed by atoms with van der Waals surface area (Å²) in [5.41, 5.74) is 2.73. The Morgan fingerprint density at radius 1 is 1.39 bits per heavy atom. The number of fused-ring (bicyclic) bond motifs is 1. The number of benzene rings is 1. The Morgan fingerprint density at radius 3 is 2.89 bits per heavy atom. The first-order chi connectivity index (χ1) is 8.44. The van der Waals surface area contributed by atoms with Crippen molar-refractivity contribution in [2.75, 3.05) is 20.1 Å². The zero-order valence-corrected chi connectivity index (χ0v) is 11.3. The highest BCUT2D eigenvalue weighted by Gasteiger charge is 2.15. The van der Waals surface area contributed by atoms with Crippen LogP contribution in [-0.4, -0.2) is 45.7 Å². The van der Waals surface area contributed by atoms with E-state index in [1.165, 1.54) is 5.56 Å². The Hall–Kier alpha value is -1.39. The van der Waals surface area contributed by atoms with Gasteiger partial charge in [0.25, 0.3) is 0 Å². The third-order valence-electron chi connectivity index (χ3n) is 2.92. The van der Waals surface area contributed by atoms with Crippen LogP contribution in [0.2, 0.25) is 0 Å². The summed E-state index contributed by atoms with van der Waals surface area (Å²) in [7, 11) is 2.03. The lowest BCUT2D eigenvalue weighted by Crippen LogP contribution is -2.37. The molecule has 0 saturated carbocycles. The molecule has 0 atom stereocenters. The van der Waals surface area contributed by atoms with Gasteiger partial charge in [-0.05, 0) is 45.0 Å². The van der Waals surface area contributed by atoms with Crippen LogP contribution in [0.4, 0.5) is 0 Å². The largest absolute Gasteiger partial charge is 0.389 e. The summed E-state index contributed by atoms with van der Waals surface area (Å²) in [6.45, 7) is 5.28. The van der Waals surface area contributed by atoms with Crippen molar-refractivity contribution in [3.63, 3.8) is 0 Å². The summed E-state index contributed by atoms with van der Waals surface area (Å²) in [5.74, 6) is 0. The molecule has 4 heteroatoms. The van der Waals surface area contributed by atoms with E-state index in [0.29, 0.717) is 6.54 Å². The van der Waals surface area contributed by atoms with Crippen molar-refractivity contribution in [1.29, 1.82) is 0 Å². The Balaban J connectivity index is 1.93. The van der Waals surface area contributed by atoms with Crippen LogP contribution in [0, 0.1) is 0 Å². The van der Waals surface area contributed by atoms with E-state index >= 15 is 0 Å². The monoisotopic (exact) mass is 247 g/mol. The van der Waals surface area contributed by atoms with Gasteiger partial charge in [-0.15, -0.1) is 0 Å². The average Bonchev–Trinajstić information content (AvgIpc) is 2.71. The lowest BCUT2D eigenvalue weighted by Gasteiger charge is -2.25. The van der Waals surface area contributed by atoms with Crippen LogP contribution < -0.4 is 0 Å². The summed E-state index contributed by atoms with van der Waals surface area (Å²) in [6.07, 6.45) is 2.69. The van der Waals surface area contributed by atoms with Crippen LogP contribution in [0.3, 0.4) is 0 Å². The second-order valence-electron chi connectivity index (χ2n) is 5.55. The molecule has 18 heavy (non-hydrogen) atoms. The summed E-state index contributed by atoms with van der Waals surface area (Å²) < 4.78 is 0. The third kappa shape index (κ3) is 3.55. The van der Waals surface area contributed by atoms with Gasteiger partial charge in [0.2, 0.25) is 0 Å². The normalized spacial score (nSPS) is 12.5. The Morgan fingerprint density at radius 2 is 2.17 bits per heavy atom. The van der Waals surface area contributed by atoms with Gasteiger partial charge < -0.3 is 15.0 Å². The van der Waals surface area contributed by atoms with Crippen molar-refractivity contribution in [2.24, 2.45) is 0 Å². The Labute approximate surface area is 108 Å². The maximum Gasteiger partial charge on any atom is 0.0931 e. The van der Waals surface area contributed by atoms with Crippen molar-refractivity contribution < 1.29 is 5.11 Å². The van der Waals surface area contributed by atoms with Crippen LogP contribution in [0.5, 0.6) is 0 Å². The molecule has 0 spiro atoms. The van der Waals surface area contributed by atoms with Crippen LogP contribution in [0.25, 0.3) is 11.0 Å². The minimum absolute atomic E-state index is 0.637. The highest BCUT2D eigenvalue weighted by atomic mass is 16.3. The summed E-state index contributed by atoms with van der Waals surface area (Å²) in [5, 5.41) is 9.74. The molecule has 0 amide bonds. The fraction of sp³-hybridized carbons (Fsp3) is 0.500. The van der Waals surface area contributed by atoms with Crippen molar-refractivity contribution >= 4 is 11.0 Å². The molecule has 2 aromatic rings. The van der Waals surface area contributed by atoms with Crippen molar-refractivity contribution in [1.82, 2.24) is 14.9 Å². The number of hydrogen-bond donors (Lipinski definition) is 2. The first-order valence-electron chi connectivity index (χ1n) is 6.27. The maximum absolute atomic E-state index is 9.74. The molecule has 0 saturated heterocycles. The van der Waals surface area contributed by atoms with Crippen LogP contribution in [0.15, 0.2) is 24.5 Å². The standard InChI is InChI=1S/C14H21N3O/c1-14(2,18)9-17(3)7-6-11-4-5-12-13(8-11)16-10-15-12/h4-5,8,10,18H,6-7,9H2,1-3H3,(H,15,16). The van der Waals surface area contributed by atoms with E-state index < -0.39 is 5.60 Å². The van der Waals surface area contributed by atoms with E-state index in [-0.39, 0.29) is 0 Å². The van der Waals surface area contributed by atoms with Gasteiger partial charge in [0.15, 0.2) is 0 Å². The van der Waals surface area contributed by atoms with E-state index in [0.717, 1.165) is 24.0 Å². The molecule has 0 aliphatic carbocycles. The molecule has 2 rings (SSSR count). The molecule has 2 N–H and O–H groups in total. The number of rotatable bonds is 5. The minimum Gasteiger partial charge on any atom is -0.389 e. The first kappa shape index (κ1) is 13.1. The molecular formula is C14H21N3O. The number of likely N-dealkylation sites (N-methyl/N-ethyl adjacent to an activating group) is 1. The van der Waals surface area contributed by atoms with Gasteiger partial charge in [-0.25, -0.2) is 4.98 Å². The second kappa shape index (κ2) is 5.08. The molecule has 1 heterocycles. The van der Waals surface area contributed by atoms with E-state index in [4.69, 9.17) is 0 Å². The third-order valence-corrected chi connectivity index (χ3v) is 2.92. The second-order valence-corrected chi connectivity index (χ2v) is 5.55. The van der Waals surface area contributed by atoms with Crippen molar-refractivity contribution in [2.45, 2.75) is 25.9 Å². The predicted octanol–water partition coefficient (Wildman–Crippen LogP) is 1.81. The lowest BCUT2D eigenvalue weighted by atomic mass is 10.1. The average molecular weight is 247 g/mol. The fourth-order valence-corrected chi connectivity index (χ4v) is 2.20. The van der Waals surface area contributed by atoms with Crippen LogP contribution in [-0.2, 0) is 6.42 Å². The highest BCUT2D eigenvalue weighted by Crippen LogP contribution is 2.12. The van der Waals surface area contributed by atoms with Gasteiger partial charge in [0.05, 0.1) is 23.0 Å². The number of aromatic nitrogens is 2. The molecule has 0 radical (unpaired) electrons. The summed E-state index contributed by atoms with van der Waals surface area (Å²) in [6, 6.07) is 6.29. The smallest absolute Gasteiger partial charge is 0.0931 e. The first-order valence-corrected chi connectivity index (χ1v) is 6.27. The molecule has 0 aliphatic rings. The zero-order chi connectivity index (χ0) is 13.2. The van der Waals surface area contributed by atoms with Crippen molar-refractivity contribution in [3.8, 4) is 0 Å². The van der Waals surface area contributed by atoms with Gasteiger partial charge in [-0.3, -0.25) is 0 Å². The molecule has 4 nitrogen and oxygen atoms in total. The SMILES string of the molecule is CN(CCc1ccc2nc[nH]c2c1)CC(C)(C)O. The lowest BCUT2D eigenvalue weighted by molar-refractivity contribution is 0.0450. The Kier molecular flexibility index (Phi) is 3.68. The molecule has 1 aromatic heterocycles. The van der Waals surface area contributed by atoms with Gasteiger partial charge in [0, 0.05) is 13.1 Å². The molecule has 0 unspecified atom stereocenters. The molecule has 1 aromatic carbocycles. The molecule has 0 aliphatic heterocycles. The molecule has 0 bridgehead atoms. The van der Waals surface area contributed by atoms with Gasteiger partial charge in [-0.2, -0.15) is 0 Å². The quantitative estimate of drug-likeness (QED) is 0.847. The number of aromatic amines is 1. The van der Waals surface area contributed by atoms with Crippen LogP contribution >= 0.6 is 0 Å². The number of H-pyrrole nitrogens is 1. The fourth-order valence-electron chi connectivity index (χ4n) is 2.20. The minimum atomic E-state index is -0.637. The molecule has 0 fully saturated rings. The number of nitrogens with zero attached hydrogens (tertiary/aromatic N) is 2. The van der Waals surface area contributed by atoms with Crippen molar-refractivity contribution in [3.05, 3.63) is 30.1 Å². The van der Waals surface area contributed by atoms with E-state index in [9.17, 15) is 5.11 Å². The predicted molar refractivity (Wildman–Crippen MR) is 73.6 cm³/mol. The highest BCUT2D eigenvalue weighted by molar-refractivity contribution is 5.75. The summed E-state index contributed by atoms with van der Waals surface area (Å²) in [4.78, 5) is 9.48. The van der Waals surface area contributed by atoms with Gasteiger partial charge in [0.1, 0.15) is 0 Å². The maximum atomic E-state index is 9.74. The number of aliphatic hydroxyl groups is 1. The molecule has 98 valence electrons. The number of hydrogen-bond acceptors (Lipinski definition) is 3. The van der Waals surface area contributed by atoms with E-state index in [1.807, 2.05) is 27.0 Å². The van der Waals surface area contributed by atoms with E-state index in [1.54, 1.807) is 6.33 Å². The molecular weight excluding hydrogens is 226 g/mol. The Bertz CT molecular complexity index is 513. The number of nitrogens with one attached hydrogen (secondary N) is 1. The topological polar surface area (TPSA) is 52.2 Å². The van der Waals surface area contributed by atoms with Crippen LogP contribution in [0.1, 0.15) is 19.4 Å². The van der Waals surface area contributed by atoms with E-state index in [2.05, 4.69) is 27.0 Å².